The second-order valence-electron chi connectivity index (χ2n) is 7.56. The Morgan fingerprint density at radius 3 is 1.62 bits per heavy atom. The van der Waals surface area contributed by atoms with Gasteiger partial charge in [-0.3, -0.25) is 0 Å². The molecule has 5 heteroatoms. The number of aryl methyl sites for hydroxylation is 5. The lowest BCUT2D eigenvalue weighted by atomic mass is 9.95. The van der Waals surface area contributed by atoms with Crippen LogP contribution in [0.3, 0.4) is 0 Å². The molecule has 0 aliphatic rings. The van der Waals surface area contributed by atoms with E-state index in [-0.39, 0.29) is 12.1 Å². The molecule has 0 unspecified atom stereocenters. The van der Waals surface area contributed by atoms with Crippen LogP contribution in [0.15, 0.2) is 24.3 Å². The molecule has 3 rings (SSSR count). The number of phenols is 1. The van der Waals surface area contributed by atoms with Gasteiger partial charge in [-0.15, -0.1) is 0 Å². The molecule has 0 spiro atoms. The number of rotatable bonds is 4. The Kier molecular flexibility index (Phi) is 4.65. The number of phenolic OH excluding ortho intramolecular Hbond substituents is 1. The van der Waals surface area contributed by atoms with Crippen molar-refractivity contribution in [1.82, 2.24) is 19.6 Å². The van der Waals surface area contributed by atoms with E-state index in [2.05, 4.69) is 39.0 Å². The SMILES string of the molecule is Cc1cc(C(C)C)c(O)c(C(n2nc(C)cc2C)n2nc(C)cc2C)c1. The third-order valence-electron chi connectivity index (χ3n) is 4.77. The summed E-state index contributed by atoms with van der Waals surface area (Å²) in [5.41, 5.74) is 6.86. The van der Waals surface area contributed by atoms with Gasteiger partial charge in [0.25, 0.3) is 0 Å². The van der Waals surface area contributed by atoms with Gasteiger partial charge in [-0.1, -0.05) is 25.5 Å². The first-order chi connectivity index (χ1) is 12.2. The molecule has 1 aromatic carbocycles. The largest absolute Gasteiger partial charge is 0.507 e. The first kappa shape index (κ1) is 18.2. The zero-order valence-electron chi connectivity index (χ0n) is 16.7. The summed E-state index contributed by atoms with van der Waals surface area (Å²) in [5.74, 6) is 0.561. The summed E-state index contributed by atoms with van der Waals surface area (Å²) < 4.78 is 3.90. The first-order valence-corrected chi connectivity index (χ1v) is 9.08. The predicted molar refractivity (Wildman–Crippen MR) is 104 cm³/mol. The van der Waals surface area contributed by atoms with Crippen molar-refractivity contribution >= 4 is 0 Å². The van der Waals surface area contributed by atoms with Crippen LogP contribution in [0.1, 0.15) is 65.4 Å². The Hall–Kier alpha value is -2.56. The monoisotopic (exact) mass is 352 g/mol. The highest BCUT2D eigenvalue weighted by atomic mass is 16.3. The van der Waals surface area contributed by atoms with Gasteiger partial charge in [0.05, 0.1) is 11.4 Å². The molecule has 0 saturated heterocycles. The summed E-state index contributed by atoms with van der Waals surface area (Å²) in [6, 6.07) is 8.20. The minimum absolute atomic E-state index is 0.232. The number of aromatic hydroxyl groups is 1. The molecule has 2 aromatic heterocycles. The van der Waals surface area contributed by atoms with Gasteiger partial charge in [-0.2, -0.15) is 10.2 Å². The Bertz CT molecular complexity index is 903. The van der Waals surface area contributed by atoms with Crippen LogP contribution < -0.4 is 0 Å². The molecule has 26 heavy (non-hydrogen) atoms. The van der Waals surface area contributed by atoms with Gasteiger partial charge in [-0.25, -0.2) is 9.36 Å². The Balaban J connectivity index is 2.32. The lowest BCUT2D eigenvalue weighted by Crippen LogP contribution is -2.24. The fourth-order valence-corrected chi connectivity index (χ4v) is 3.63. The molecule has 0 bridgehead atoms. The number of hydrogen-bond acceptors (Lipinski definition) is 3. The first-order valence-electron chi connectivity index (χ1n) is 9.08. The van der Waals surface area contributed by atoms with Crippen molar-refractivity contribution in [2.75, 3.05) is 0 Å². The highest BCUT2D eigenvalue weighted by molar-refractivity contribution is 5.47. The zero-order valence-corrected chi connectivity index (χ0v) is 16.7. The van der Waals surface area contributed by atoms with Crippen LogP contribution in [-0.4, -0.2) is 24.7 Å². The van der Waals surface area contributed by atoms with Gasteiger partial charge in [0.1, 0.15) is 5.75 Å². The molecule has 0 fully saturated rings. The highest BCUT2D eigenvalue weighted by Crippen LogP contribution is 2.37. The van der Waals surface area contributed by atoms with Crippen LogP contribution in [-0.2, 0) is 0 Å². The van der Waals surface area contributed by atoms with Crippen LogP contribution >= 0.6 is 0 Å². The normalized spacial score (nSPS) is 11.7. The van der Waals surface area contributed by atoms with Gasteiger partial charge in [-0.05, 0) is 64.3 Å². The molecule has 0 amide bonds. The van der Waals surface area contributed by atoms with Crippen molar-refractivity contribution in [3.8, 4) is 5.75 Å². The predicted octanol–water partition coefficient (Wildman–Crippen LogP) is 4.55. The second kappa shape index (κ2) is 6.63. The maximum Gasteiger partial charge on any atom is 0.172 e. The standard InChI is InChI=1S/C21H28N4O/c1-12(2)18-8-13(3)9-19(20(18)26)21(24-16(6)10-14(4)22-24)25-17(7)11-15(5)23-25/h8-12,21,26H,1-7H3. The van der Waals surface area contributed by atoms with E-state index in [0.717, 1.165) is 39.5 Å². The van der Waals surface area contributed by atoms with E-state index < -0.39 is 0 Å². The number of nitrogens with zero attached hydrogens (tertiary/aromatic N) is 4. The number of benzene rings is 1. The maximum atomic E-state index is 11.1. The molecule has 138 valence electrons. The number of aromatic nitrogens is 4. The molecule has 0 radical (unpaired) electrons. The van der Waals surface area contributed by atoms with E-state index in [1.54, 1.807) is 0 Å². The highest BCUT2D eigenvalue weighted by Gasteiger charge is 2.26. The van der Waals surface area contributed by atoms with Gasteiger partial charge < -0.3 is 5.11 Å². The van der Waals surface area contributed by atoms with Crippen molar-refractivity contribution in [1.29, 1.82) is 0 Å². The van der Waals surface area contributed by atoms with E-state index in [1.165, 1.54) is 0 Å². The quantitative estimate of drug-likeness (QED) is 0.749. The average Bonchev–Trinajstić information content (AvgIpc) is 3.04. The van der Waals surface area contributed by atoms with Crippen molar-refractivity contribution in [2.24, 2.45) is 0 Å². The Morgan fingerprint density at radius 2 is 1.23 bits per heavy atom. The van der Waals surface area contributed by atoms with E-state index >= 15 is 0 Å². The Morgan fingerprint density at radius 1 is 0.769 bits per heavy atom. The van der Waals surface area contributed by atoms with E-state index in [4.69, 9.17) is 10.2 Å². The molecule has 2 heterocycles. The lowest BCUT2D eigenvalue weighted by molar-refractivity contribution is 0.376. The molecule has 1 N–H and O–H groups in total. The lowest BCUT2D eigenvalue weighted by Gasteiger charge is -2.25. The van der Waals surface area contributed by atoms with Gasteiger partial charge >= 0.3 is 0 Å². The summed E-state index contributed by atoms with van der Waals surface area (Å²) in [5, 5.41) is 20.5. The zero-order chi connectivity index (χ0) is 19.2. The van der Waals surface area contributed by atoms with Crippen LogP contribution in [0.4, 0.5) is 0 Å². The van der Waals surface area contributed by atoms with E-state index in [1.807, 2.05) is 43.1 Å². The fraction of sp³-hybridized carbons (Fsp3) is 0.429. The molecular weight excluding hydrogens is 324 g/mol. The van der Waals surface area contributed by atoms with Crippen LogP contribution in [0, 0.1) is 34.6 Å². The molecule has 5 nitrogen and oxygen atoms in total. The molecule has 0 aliphatic heterocycles. The number of hydrogen-bond donors (Lipinski definition) is 1. The van der Waals surface area contributed by atoms with Gasteiger partial charge in [0, 0.05) is 17.0 Å². The molecule has 0 saturated carbocycles. The van der Waals surface area contributed by atoms with Gasteiger partial charge in [0.2, 0.25) is 0 Å². The summed E-state index contributed by atoms with van der Waals surface area (Å²) in [6.45, 7) is 14.3. The van der Waals surface area contributed by atoms with Crippen LogP contribution in [0.25, 0.3) is 0 Å². The van der Waals surface area contributed by atoms with Crippen molar-refractivity contribution in [3.63, 3.8) is 0 Å². The maximum absolute atomic E-state index is 11.1. The minimum Gasteiger partial charge on any atom is -0.507 e. The molecule has 3 aromatic rings. The summed E-state index contributed by atoms with van der Waals surface area (Å²) >= 11 is 0. The van der Waals surface area contributed by atoms with Crippen LogP contribution in [0.2, 0.25) is 0 Å². The topological polar surface area (TPSA) is 55.9 Å². The minimum atomic E-state index is -0.324. The third kappa shape index (κ3) is 3.14. The van der Waals surface area contributed by atoms with E-state index in [0.29, 0.717) is 5.75 Å². The molecule has 0 atom stereocenters. The van der Waals surface area contributed by atoms with Gasteiger partial charge in [0.15, 0.2) is 6.17 Å². The van der Waals surface area contributed by atoms with Crippen molar-refractivity contribution in [2.45, 2.75) is 60.5 Å². The third-order valence-corrected chi connectivity index (χ3v) is 4.77. The fourth-order valence-electron chi connectivity index (χ4n) is 3.63. The van der Waals surface area contributed by atoms with Crippen molar-refractivity contribution < 1.29 is 5.11 Å². The average molecular weight is 352 g/mol. The van der Waals surface area contributed by atoms with E-state index in [9.17, 15) is 5.11 Å². The Labute approximate surface area is 155 Å². The summed E-state index contributed by atoms with van der Waals surface area (Å²) in [4.78, 5) is 0. The molecular formula is C21H28N4O. The summed E-state index contributed by atoms with van der Waals surface area (Å²) in [6.07, 6.45) is -0.324. The van der Waals surface area contributed by atoms with Crippen molar-refractivity contribution in [3.05, 3.63) is 63.7 Å². The smallest absolute Gasteiger partial charge is 0.172 e. The van der Waals surface area contributed by atoms with Crippen LogP contribution in [0.5, 0.6) is 5.75 Å². The second-order valence-corrected chi connectivity index (χ2v) is 7.56. The molecule has 0 aliphatic carbocycles. The summed E-state index contributed by atoms with van der Waals surface area (Å²) in [7, 11) is 0.